The first-order chi connectivity index (χ1) is 13.7. The number of carbonyl (C=O) groups excluding carboxylic acids is 2. The fourth-order valence-corrected chi connectivity index (χ4v) is 2.47. The molecule has 2 amide bonds. The van der Waals surface area contributed by atoms with Crippen LogP contribution in [-0.4, -0.2) is 48.9 Å². The molecule has 0 saturated heterocycles. The van der Waals surface area contributed by atoms with Crippen molar-refractivity contribution in [3.05, 3.63) is 29.8 Å². The molecule has 9 nitrogen and oxygen atoms in total. The summed E-state index contributed by atoms with van der Waals surface area (Å²) in [5, 5.41) is 19.7. The second-order valence-corrected chi connectivity index (χ2v) is 7.48. The Morgan fingerprint density at radius 1 is 1.03 bits per heavy atom. The maximum atomic E-state index is 12.7. The Kier molecular flexibility index (Phi) is 10.3. The Balaban J connectivity index is 2.61. The molecule has 0 aliphatic carbocycles. The monoisotopic (exact) mass is 405 g/mol. The van der Waals surface area contributed by atoms with E-state index in [0.29, 0.717) is 13.1 Å². The second-order valence-electron chi connectivity index (χ2n) is 7.48. The van der Waals surface area contributed by atoms with Gasteiger partial charge in [0.2, 0.25) is 11.8 Å². The summed E-state index contributed by atoms with van der Waals surface area (Å²) in [6, 6.07) is 6.18. The smallest absolute Gasteiger partial charge is 0.243 e. The Morgan fingerprint density at radius 3 is 2.17 bits per heavy atom. The zero-order valence-electron chi connectivity index (χ0n) is 17.7. The summed E-state index contributed by atoms with van der Waals surface area (Å²) in [5.41, 5.74) is 12.8. The fraction of sp³-hybridized carbons (Fsp3) is 0.550. The highest BCUT2D eigenvalue weighted by molar-refractivity contribution is 5.99. The molecule has 0 spiro atoms. The van der Waals surface area contributed by atoms with Crippen molar-refractivity contribution in [2.45, 2.75) is 52.4 Å². The van der Waals surface area contributed by atoms with E-state index in [-0.39, 0.29) is 36.2 Å². The molecule has 0 aliphatic heterocycles. The predicted octanol–water partition coefficient (Wildman–Crippen LogP) is 0.117. The lowest BCUT2D eigenvalue weighted by Crippen LogP contribution is -2.55. The molecule has 1 aromatic carbocycles. The number of amidine groups is 1. The van der Waals surface area contributed by atoms with Crippen LogP contribution in [0.2, 0.25) is 0 Å². The van der Waals surface area contributed by atoms with E-state index in [1.165, 1.54) is 0 Å². The summed E-state index contributed by atoms with van der Waals surface area (Å²) in [6.45, 7) is 8.26. The average molecular weight is 406 g/mol. The van der Waals surface area contributed by atoms with E-state index in [1.54, 1.807) is 6.92 Å². The zero-order chi connectivity index (χ0) is 22.0. The van der Waals surface area contributed by atoms with Crippen molar-refractivity contribution < 1.29 is 9.59 Å². The van der Waals surface area contributed by atoms with Gasteiger partial charge >= 0.3 is 0 Å². The van der Waals surface area contributed by atoms with Crippen LogP contribution in [0.15, 0.2) is 24.3 Å². The van der Waals surface area contributed by atoms with Crippen LogP contribution in [0.4, 0.5) is 5.69 Å². The molecule has 0 fully saturated rings. The molecular formula is C20H35N7O2. The van der Waals surface area contributed by atoms with Crippen LogP contribution in [0, 0.1) is 11.3 Å². The maximum absolute atomic E-state index is 12.7. The number of hydrogen-bond donors (Lipinski definition) is 7. The van der Waals surface area contributed by atoms with Gasteiger partial charge in [0.05, 0.1) is 12.6 Å². The summed E-state index contributed by atoms with van der Waals surface area (Å²) in [5.74, 6) is -0.576. The van der Waals surface area contributed by atoms with Gasteiger partial charge in [-0.25, -0.2) is 0 Å². The van der Waals surface area contributed by atoms with Gasteiger partial charge < -0.3 is 32.7 Å². The molecule has 0 heterocycles. The van der Waals surface area contributed by atoms with Crippen LogP contribution in [0.3, 0.4) is 0 Å². The molecule has 0 radical (unpaired) electrons. The average Bonchev–Trinajstić information content (AvgIpc) is 2.70. The molecule has 29 heavy (non-hydrogen) atoms. The van der Waals surface area contributed by atoms with E-state index < -0.39 is 12.1 Å². The number of rotatable bonds is 11. The summed E-state index contributed by atoms with van der Waals surface area (Å²) in [4.78, 5) is 24.8. The lowest BCUT2D eigenvalue weighted by Gasteiger charge is -2.25. The maximum Gasteiger partial charge on any atom is 0.243 e. The van der Waals surface area contributed by atoms with Crippen LogP contribution in [-0.2, 0) is 16.1 Å². The van der Waals surface area contributed by atoms with Crippen molar-refractivity contribution in [1.82, 2.24) is 16.0 Å². The number of amides is 2. The van der Waals surface area contributed by atoms with Crippen molar-refractivity contribution in [2.24, 2.45) is 17.4 Å². The molecule has 1 aromatic rings. The topological polar surface area (TPSA) is 158 Å². The van der Waals surface area contributed by atoms with Crippen molar-refractivity contribution in [3.63, 3.8) is 0 Å². The van der Waals surface area contributed by atoms with E-state index >= 15 is 0 Å². The molecule has 0 aromatic heterocycles. The van der Waals surface area contributed by atoms with Gasteiger partial charge in [0.15, 0.2) is 0 Å². The quantitative estimate of drug-likeness (QED) is 0.205. The molecule has 0 bridgehead atoms. The standard InChI is InChI=1S/C20H35N7O2/c1-12(2)18(27-17(28)11-24-13(3)9-21)20(29)25-14(4)19(23)26-16-7-5-15(10-22)6-8-16/h5-8,12-14,18,24H,9-11,21-22H2,1-4H3,(H2,23,26)(H,25,29)(H,27,28)/t13-,14+,18+/m1/s1. The first kappa shape index (κ1) is 24.5. The Labute approximate surface area is 172 Å². The van der Waals surface area contributed by atoms with Gasteiger partial charge in [0, 0.05) is 24.8 Å². The number of benzene rings is 1. The molecular weight excluding hydrogens is 370 g/mol. The summed E-state index contributed by atoms with van der Waals surface area (Å²) in [6.07, 6.45) is 0. The van der Waals surface area contributed by atoms with Crippen molar-refractivity contribution in [3.8, 4) is 0 Å². The lowest BCUT2D eigenvalue weighted by molar-refractivity contribution is -0.129. The highest BCUT2D eigenvalue weighted by Gasteiger charge is 2.26. The zero-order valence-corrected chi connectivity index (χ0v) is 17.7. The normalized spacial score (nSPS) is 14.0. The Bertz CT molecular complexity index is 676. The minimum atomic E-state index is -0.698. The van der Waals surface area contributed by atoms with Crippen molar-refractivity contribution >= 4 is 23.3 Å². The van der Waals surface area contributed by atoms with E-state index in [4.69, 9.17) is 16.9 Å². The number of nitrogens with two attached hydrogens (primary N) is 2. The van der Waals surface area contributed by atoms with Crippen LogP contribution >= 0.6 is 0 Å². The largest absolute Gasteiger partial charge is 0.345 e. The van der Waals surface area contributed by atoms with Gasteiger partial charge in [-0.3, -0.25) is 15.0 Å². The molecule has 1 rings (SSSR count). The highest BCUT2D eigenvalue weighted by atomic mass is 16.2. The molecule has 0 unspecified atom stereocenters. The third kappa shape index (κ3) is 8.59. The highest BCUT2D eigenvalue weighted by Crippen LogP contribution is 2.10. The summed E-state index contributed by atoms with van der Waals surface area (Å²) < 4.78 is 0. The van der Waals surface area contributed by atoms with E-state index in [1.807, 2.05) is 45.0 Å². The molecule has 0 saturated carbocycles. The van der Waals surface area contributed by atoms with E-state index in [9.17, 15) is 9.59 Å². The molecule has 0 aliphatic rings. The third-order valence-corrected chi connectivity index (χ3v) is 4.49. The van der Waals surface area contributed by atoms with Gasteiger partial charge in [-0.05, 0) is 37.5 Å². The molecule has 9 N–H and O–H groups in total. The summed E-state index contributed by atoms with van der Waals surface area (Å²) >= 11 is 0. The molecule has 3 atom stereocenters. The van der Waals surface area contributed by atoms with Gasteiger partial charge in [0.25, 0.3) is 0 Å². The number of nitrogens with one attached hydrogen (secondary N) is 5. The van der Waals surface area contributed by atoms with E-state index in [0.717, 1.165) is 11.3 Å². The third-order valence-electron chi connectivity index (χ3n) is 4.49. The van der Waals surface area contributed by atoms with Crippen LogP contribution in [0.25, 0.3) is 0 Å². The second kappa shape index (κ2) is 12.2. The van der Waals surface area contributed by atoms with Crippen LogP contribution < -0.4 is 32.7 Å². The van der Waals surface area contributed by atoms with Crippen molar-refractivity contribution in [2.75, 3.05) is 18.4 Å². The van der Waals surface area contributed by atoms with Crippen LogP contribution in [0.1, 0.15) is 33.3 Å². The molecule has 162 valence electrons. The molecule has 9 heteroatoms. The minimum absolute atomic E-state index is 0.0116. The van der Waals surface area contributed by atoms with E-state index in [2.05, 4.69) is 21.3 Å². The van der Waals surface area contributed by atoms with Gasteiger partial charge in [-0.2, -0.15) is 0 Å². The lowest BCUT2D eigenvalue weighted by atomic mass is 10.0. The summed E-state index contributed by atoms with van der Waals surface area (Å²) in [7, 11) is 0. The van der Waals surface area contributed by atoms with Gasteiger partial charge in [-0.1, -0.05) is 26.0 Å². The number of carbonyl (C=O) groups is 2. The first-order valence-electron chi connectivity index (χ1n) is 9.85. The number of anilines is 1. The number of hydrogen-bond acceptors (Lipinski definition) is 6. The Morgan fingerprint density at radius 2 is 1.66 bits per heavy atom. The van der Waals surface area contributed by atoms with Crippen molar-refractivity contribution in [1.29, 1.82) is 5.41 Å². The minimum Gasteiger partial charge on any atom is -0.345 e. The first-order valence-corrected chi connectivity index (χ1v) is 9.85. The predicted molar refractivity (Wildman–Crippen MR) is 117 cm³/mol. The fourth-order valence-electron chi connectivity index (χ4n) is 2.47. The Hall–Kier alpha value is -2.49. The van der Waals surface area contributed by atoms with Gasteiger partial charge in [0.1, 0.15) is 11.9 Å². The van der Waals surface area contributed by atoms with Crippen LogP contribution in [0.5, 0.6) is 0 Å². The SMILES string of the molecule is CC(C)[C@H](NC(=O)CN[C@H](C)CN)C(=O)N[C@@H](C)C(=N)Nc1ccc(CN)cc1. The van der Waals surface area contributed by atoms with Gasteiger partial charge in [-0.15, -0.1) is 0 Å².